The van der Waals surface area contributed by atoms with Crippen molar-refractivity contribution in [1.29, 1.82) is 0 Å². The molecular formula is C25H20BrClN2O3. The second-order valence-corrected chi connectivity index (χ2v) is 8.93. The van der Waals surface area contributed by atoms with Gasteiger partial charge in [0.15, 0.2) is 0 Å². The summed E-state index contributed by atoms with van der Waals surface area (Å²) in [5, 5.41) is 0.587. The molecule has 1 fully saturated rings. The van der Waals surface area contributed by atoms with E-state index in [0.717, 1.165) is 15.6 Å². The lowest BCUT2D eigenvalue weighted by Gasteiger charge is -2.28. The van der Waals surface area contributed by atoms with Gasteiger partial charge in [-0.25, -0.2) is 4.90 Å². The maximum absolute atomic E-state index is 13.3. The molecule has 5 nitrogen and oxygen atoms in total. The van der Waals surface area contributed by atoms with Crippen LogP contribution in [0.1, 0.15) is 17.5 Å². The van der Waals surface area contributed by atoms with E-state index in [1.165, 1.54) is 9.80 Å². The normalized spacial score (nSPS) is 15.8. The van der Waals surface area contributed by atoms with E-state index in [2.05, 4.69) is 15.9 Å². The summed E-state index contributed by atoms with van der Waals surface area (Å²) in [6.45, 7) is 0.241. The smallest absolute Gasteiger partial charge is 0.257 e. The monoisotopic (exact) mass is 510 g/mol. The molecule has 3 amide bonds. The van der Waals surface area contributed by atoms with Crippen molar-refractivity contribution < 1.29 is 14.4 Å². The highest BCUT2D eigenvalue weighted by Gasteiger charge is 2.44. The van der Waals surface area contributed by atoms with E-state index in [9.17, 15) is 14.4 Å². The Morgan fingerprint density at radius 3 is 2.25 bits per heavy atom. The molecule has 0 bridgehead atoms. The molecule has 0 radical (unpaired) electrons. The third-order valence-electron chi connectivity index (χ3n) is 5.37. The van der Waals surface area contributed by atoms with Gasteiger partial charge in [-0.15, -0.1) is 0 Å². The first kappa shape index (κ1) is 22.2. The number of hydrogen-bond donors (Lipinski definition) is 0. The van der Waals surface area contributed by atoms with E-state index in [1.807, 2.05) is 30.3 Å². The number of anilines is 1. The zero-order valence-corrected chi connectivity index (χ0v) is 19.4. The maximum Gasteiger partial charge on any atom is 0.257 e. The van der Waals surface area contributed by atoms with E-state index in [0.29, 0.717) is 10.7 Å². The molecule has 1 aliphatic rings. The maximum atomic E-state index is 13.3. The van der Waals surface area contributed by atoms with Crippen LogP contribution < -0.4 is 4.90 Å². The Labute approximate surface area is 199 Å². The fourth-order valence-electron chi connectivity index (χ4n) is 3.75. The van der Waals surface area contributed by atoms with Gasteiger partial charge in [0, 0.05) is 16.0 Å². The summed E-state index contributed by atoms with van der Waals surface area (Å²) >= 11 is 9.32. The molecule has 1 saturated heterocycles. The summed E-state index contributed by atoms with van der Waals surface area (Å²) in [6, 6.07) is 22.6. The van der Waals surface area contributed by atoms with Gasteiger partial charge in [-0.2, -0.15) is 0 Å². The van der Waals surface area contributed by atoms with Crippen molar-refractivity contribution in [2.45, 2.75) is 25.4 Å². The van der Waals surface area contributed by atoms with Crippen molar-refractivity contribution in [1.82, 2.24) is 4.90 Å². The molecule has 7 heteroatoms. The second kappa shape index (κ2) is 9.67. The summed E-state index contributed by atoms with van der Waals surface area (Å²) < 4.78 is 0.848. The molecule has 1 unspecified atom stereocenters. The molecule has 1 heterocycles. The Morgan fingerprint density at radius 2 is 1.59 bits per heavy atom. The van der Waals surface area contributed by atoms with Gasteiger partial charge in [-0.3, -0.25) is 14.4 Å². The van der Waals surface area contributed by atoms with Gasteiger partial charge >= 0.3 is 0 Å². The molecule has 0 saturated carbocycles. The molecule has 0 aliphatic carbocycles. The third kappa shape index (κ3) is 4.92. The second-order valence-electron chi connectivity index (χ2n) is 7.57. The summed E-state index contributed by atoms with van der Waals surface area (Å²) in [7, 11) is 0. The topological polar surface area (TPSA) is 57.7 Å². The minimum absolute atomic E-state index is 0.0475. The molecule has 1 aliphatic heterocycles. The van der Waals surface area contributed by atoms with Crippen molar-refractivity contribution >= 4 is 50.9 Å². The summed E-state index contributed by atoms with van der Waals surface area (Å²) in [5.74, 6) is -0.933. The van der Waals surface area contributed by atoms with Gasteiger partial charge in [-0.05, 0) is 47.5 Å². The lowest BCUT2D eigenvalue weighted by Crippen LogP contribution is -2.45. The van der Waals surface area contributed by atoms with Gasteiger partial charge in [0.05, 0.1) is 18.5 Å². The zero-order valence-electron chi connectivity index (χ0n) is 17.1. The lowest BCUT2D eigenvalue weighted by atomic mass is 10.1. The van der Waals surface area contributed by atoms with Crippen molar-refractivity contribution in [2.24, 2.45) is 0 Å². The van der Waals surface area contributed by atoms with E-state index >= 15 is 0 Å². The molecular weight excluding hydrogens is 492 g/mol. The fourth-order valence-corrected chi connectivity index (χ4v) is 4.14. The van der Waals surface area contributed by atoms with Crippen molar-refractivity contribution in [3.05, 3.63) is 99.5 Å². The third-order valence-corrected chi connectivity index (χ3v) is 6.15. The van der Waals surface area contributed by atoms with Crippen molar-refractivity contribution in [2.75, 3.05) is 4.90 Å². The number of amides is 3. The molecule has 1 atom stereocenters. The average molecular weight is 512 g/mol. The Bertz CT molecular complexity index is 1130. The molecule has 32 heavy (non-hydrogen) atoms. The van der Waals surface area contributed by atoms with Crippen LogP contribution >= 0.6 is 27.5 Å². The van der Waals surface area contributed by atoms with Gasteiger partial charge < -0.3 is 4.90 Å². The zero-order chi connectivity index (χ0) is 22.7. The van der Waals surface area contributed by atoms with E-state index in [1.54, 1.807) is 48.5 Å². The summed E-state index contributed by atoms with van der Waals surface area (Å²) in [4.78, 5) is 42.1. The standard InChI is InChI=1S/C25H20BrClN2O3/c26-19-8-12-21(13-9-19)29-24(31)15-22(25(29)32)28(16-18-4-2-1-3-5-18)23(30)14-17-6-10-20(27)11-7-17/h1-13,22H,14-16H2. The number of imide groups is 1. The van der Waals surface area contributed by atoms with E-state index in [-0.39, 0.29) is 31.2 Å². The molecule has 3 aromatic carbocycles. The minimum Gasteiger partial charge on any atom is -0.325 e. The first-order valence-electron chi connectivity index (χ1n) is 10.1. The van der Waals surface area contributed by atoms with Crippen LogP contribution in [0.15, 0.2) is 83.3 Å². The average Bonchev–Trinajstić information content (AvgIpc) is 3.08. The van der Waals surface area contributed by atoms with E-state index in [4.69, 9.17) is 11.6 Å². The highest BCUT2D eigenvalue weighted by atomic mass is 79.9. The van der Waals surface area contributed by atoms with Gasteiger partial charge in [0.2, 0.25) is 11.8 Å². The first-order valence-corrected chi connectivity index (χ1v) is 11.3. The number of carbonyl (C=O) groups is 3. The van der Waals surface area contributed by atoms with Crippen LogP contribution in [-0.2, 0) is 27.3 Å². The Kier molecular flexibility index (Phi) is 6.72. The molecule has 0 aromatic heterocycles. The van der Waals surface area contributed by atoms with Crippen LogP contribution in [0.3, 0.4) is 0 Å². The predicted molar refractivity (Wildman–Crippen MR) is 127 cm³/mol. The molecule has 4 rings (SSSR count). The number of nitrogens with zero attached hydrogens (tertiary/aromatic N) is 2. The Morgan fingerprint density at radius 1 is 0.938 bits per heavy atom. The van der Waals surface area contributed by atoms with Crippen molar-refractivity contribution in [3.63, 3.8) is 0 Å². The van der Waals surface area contributed by atoms with Crippen LogP contribution in [0.2, 0.25) is 5.02 Å². The van der Waals surface area contributed by atoms with Gasteiger partial charge in [-0.1, -0.05) is 70.0 Å². The lowest BCUT2D eigenvalue weighted by molar-refractivity contribution is -0.138. The van der Waals surface area contributed by atoms with Crippen LogP contribution in [0.25, 0.3) is 0 Å². The number of carbonyl (C=O) groups excluding carboxylic acids is 3. The highest BCUT2D eigenvalue weighted by molar-refractivity contribution is 9.10. The Balaban J connectivity index is 1.62. The highest BCUT2D eigenvalue weighted by Crippen LogP contribution is 2.28. The molecule has 0 N–H and O–H groups in total. The number of halogens is 2. The molecule has 3 aromatic rings. The van der Waals surface area contributed by atoms with Crippen LogP contribution in [-0.4, -0.2) is 28.7 Å². The number of benzene rings is 3. The SMILES string of the molecule is O=C1CC(N(Cc2ccccc2)C(=O)Cc2ccc(Cl)cc2)C(=O)N1c1ccc(Br)cc1. The van der Waals surface area contributed by atoms with Gasteiger partial charge in [0.25, 0.3) is 5.91 Å². The summed E-state index contributed by atoms with van der Waals surface area (Å²) in [5.41, 5.74) is 2.17. The fraction of sp³-hybridized carbons (Fsp3) is 0.160. The van der Waals surface area contributed by atoms with Crippen LogP contribution in [0.4, 0.5) is 5.69 Å². The van der Waals surface area contributed by atoms with Crippen molar-refractivity contribution in [3.8, 4) is 0 Å². The quantitative estimate of drug-likeness (QED) is 0.437. The van der Waals surface area contributed by atoms with Crippen LogP contribution in [0.5, 0.6) is 0 Å². The number of rotatable bonds is 6. The van der Waals surface area contributed by atoms with E-state index < -0.39 is 11.9 Å². The Hall–Kier alpha value is -2.96. The molecule has 0 spiro atoms. The van der Waals surface area contributed by atoms with Crippen LogP contribution in [0, 0.1) is 0 Å². The van der Waals surface area contributed by atoms with Gasteiger partial charge in [0.1, 0.15) is 6.04 Å². The number of hydrogen-bond acceptors (Lipinski definition) is 3. The largest absolute Gasteiger partial charge is 0.325 e. The first-order chi connectivity index (χ1) is 15.4. The summed E-state index contributed by atoms with van der Waals surface area (Å²) in [6.07, 6.45) is 0.0638. The molecule has 162 valence electrons. The predicted octanol–water partition coefficient (Wildman–Crippen LogP) is 5.01. The minimum atomic E-state index is -0.855.